The largest absolute Gasteiger partial charge is 0.355 e. The van der Waals surface area contributed by atoms with Gasteiger partial charge in [0.05, 0.1) is 10.9 Å². The molecule has 0 bridgehead atoms. The number of nitrogens with zero attached hydrogens (tertiary/aromatic N) is 2. The van der Waals surface area contributed by atoms with E-state index in [4.69, 9.17) is 4.52 Å². The summed E-state index contributed by atoms with van der Waals surface area (Å²) in [5.41, 5.74) is 2.84. The highest BCUT2D eigenvalue weighted by Gasteiger charge is 2.32. The maximum absolute atomic E-state index is 12.9. The van der Waals surface area contributed by atoms with Crippen LogP contribution < -0.4 is 0 Å². The van der Waals surface area contributed by atoms with E-state index >= 15 is 0 Å². The molecule has 1 fully saturated rings. The van der Waals surface area contributed by atoms with Crippen LogP contribution in [0.15, 0.2) is 52.4 Å². The molecule has 1 atom stereocenters. The Labute approximate surface area is 144 Å². The molecule has 3 heterocycles. The lowest BCUT2D eigenvalue weighted by Gasteiger charge is -2.25. The predicted octanol–water partition coefficient (Wildman–Crippen LogP) is 4.69. The van der Waals surface area contributed by atoms with E-state index in [1.807, 2.05) is 34.5 Å². The van der Waals surface area contributed by atoms with Crippen molar-refractivity contribution >= 4 is 17.2 Å². The number of hydrogen-bond acceptors (Lipinski definition) is 4. The highest BCUT2D eigenvalue weighted by molar-refractivity contribution is 7.13. The van der Waals surface area contributed by atoms with E-state index < -0.39 is 0 Å². The Hall–Kier alpha value is -2.40. The molecule has 0 unspecified atom stereocenters. The predicted molar refractivity (Wildman–Crippen MR) is 94.0 cm³/mol. The minimum absolute atomic E-state index is 0.0488. The Morgan fingerprint density at radius 2 is 2.17 bits per heavy atom. The zero-order chi connectivity index (χ0) is 16.5. The molecule has 24 heavy (non-hydrogen) atoms. The van der Waals surface area contributed by atoms with Crippen LogP contribution in [0.25, 0.3) is 10.6 Å². The summed E-state index contributed by atoms with van der Waals surface area (Å²) in [6.07, 6.45) is 2.01. The summed E-state index contributed by atoms with van der Waals surface area (Å²) in [7, 11) is 0. The fraction of sp³-hybridized carbons (Fsp3) is 0.263. The molecule has 0 aliphatic carbocycles. The second kappa shape index (κ2) is 6.24. The number of carbonyl (C=O) groups excluding carboxylic acids is 1. The van der Waals surface area contributed by atoms with E-state index in [1.54, 1.807) is 17.4 Å². The molecule has 5 heteroatoms. The molecule has 4 nitrogen and oxygen atoms in total. The number of aromatic nitrogens is 1. The van der Waals surface area contributed by atoms with Crippen molar-refractivity contribution in [1.82, 2.24) is 10.1 Å². The monoisotopic (exact) mass is 338 g/mol. The third-order valence-corrected chi connectivity index (χ3v) is 5.44. The summed E-state index contributed by atoms with van der Waals surface area (Å²) in [4.78, 5) is 15.8. The number of likely N-dealkylation sites (tertiary alicyclic amines) is 1. The first-order valence-electron chi connectivity index (χ1n) is 8.11. The van der Waals surface area contributed by atoms with Crippen molar-refractivity contribution < 1.29 is 9.32 Å². The average Bonchev–Trinajstić information content (AvgIpc) is 3.34. The molecule has 1 amide bonds. The van der Waals surface area contributed by atoms with Crippen LogP contribution in [0.1, 0.15) is 40.5 Å². The Kier molecular flexibility index (Phi) is 3.94. The Bertz CT molecular complexity index is 854. The Morgan fingerprint density at radius 3 is 2.96 bits per heavy atom. The second-order valence-electron chi connectivity index (χ2n) is 6.07. The van der Waals surface area contributed by atoms with Gasteiger partial charge < -0.3 is 9.42 Å². The summed E-state index contributed by atoms with van der Waals surface area (Å²) < 4.78 is 5.37. The van der Waals surface area contributed by atoms with Crippen LogP contribution in [-0.2, 0) is 0 Å². The van der Waals surface area contributed by atoms with Gasteiger partial charge in [-0.2, -0.15) is 0 Å². The molecule has 0 saturated carbocycles. The Morgan fingerprint density at radius 1 is 1.29 bits per heavy atom. The molecule has 1 saturated heterocycles. The van der Waals surface area contributed by atoms with Crippen molar-refractivity contribution in [2.45, 2.75) is 25.8 Å². The maximum Gasteiger partial charge on any atom is 0.276 e. The Balaban J connectivity index is 1.61. The number of hydrogen-bond donors (Lipinski definition) is 0. The lowest BCUT2D eigenvalue weighted by Crippen LogP contribution is -2.31. The van der Waals surface area contributed by atoms with Crippen LogP contribution in [-0.4, -0.2) is 22.5 Å². The molecule has 1 aliphatic heterocycles. The van der Waals surface area contributed by atoms with E-state index in [0.717, 1.165) is 24.3 Å². The summed E-state index contributed by atoms with van der Waals surface area (Å²) in [5.74, 6) is 0.604. The highest BCUT2D eigenvalue weighted by atomic mass is 32.1. The summed E-state index contributed by atoms with van der Waals surface area (Å²) in [6.45, 7) is 2.86. The van der Waals surface area contributed by atoms with Gasteiger partial charge in [0.15, 0.2) is 11.5 Å². The number of benzene rings is 1. The first kappa shape index (κ1) is 15.1. The number of carbonyl (C=O) groups is 1. The van der Waals surface area contributed by atoms with Gasteiger partial charge in [0.2, 0.25) is 0 Å². The van der Waals surface area contributed by atoms with E-state index in [1.165, 1.54) is 11.1 Å². The topological polar surface area (TPSA) is 46.3 Å². The van der Waals surface area contributed by atoms with Crippen molar-refractivity contribution in [2.75, 3.05) is 6.54 Å². The molecular weight excluding hydrogens is 320 g/mol. The third kappa shape index (κ3) is 2.65. The van der Waals surface area contributed by atoms with Gasteiger partial charge in [-0.3, -0.25) is 4.79 Å². The van der Waals surface area contributed by atoms with Gasteiger partial charge in [0.1, 0.15) is 0 Å². The quantitative estimate of drug-likeness (QED) is 0.696. The minimum Gasteiger partial charge on any atom is -0.355 e. The van der Waals surface area contributed by atoms with Gasteiger partial charge in [-0.05, 0) is 42.3 Å². The first-order chi connectivity index (χ1) is 11.7. The van der Waals surface area contributed by atoms with Gasteiger partial charge >= 0.3 is 0 Å². The zero-order valence-electron chi connectivity index (χ0n) is 13.4. The maximum atomic E-state index is 12.9. The number of amides is 1. The fourth-order valence-corrected chi connectivity index (χ4v) is 4.03. The lowest BCUT2D eigenvalue weighted by molar-refractivity contribution is 0.0725. The van der Waals surface area contributed by atoms with Crippen molar-refractivity contribution in [3.63, 3.8) is 0 Å². The standard InChI is InChI=1S/C19H18N2O2S/c1-13-6-2-3-7-14(13)16-8-4-10-21(16)19(22)15-12-17(23-20-15)18-9-5-11-24-18/h2-3,5-7,9,11-12,16H,4,8,10H2,1H3/t16-/m1/s1. The summed E-state index contributed by atoms with van der Waals surface area (Å²) >= 11 is 1.57. The van der Waals surface area contributed by atoms with Gasteiger partial charge in [-0.1, -0.05) is 35.5 Å². The number of thiophene rings is 1. The van der Waals surface area contributed by atoms with E-state index in [2.05, 4.69) is 24.2 Å². The zero-order valence-corrected chi connectivity index (χ0v) is 14.3. The molecule has 4 rings (SSSR count). The van der Waals surface area contributed by atoms with Gasteiger partial charge in [-0.15, -0.1) is 11.3 Å². The molecule has 0 N–H and O–H groups in total. The van der Waals surface area contributed by atoms with Crippen LogP contribution in [0.3, 0.4) is 0 Å². The smallest absolute Gasteiger partial charge is 0.276 e. The van der Waals surface area contributed by atoms with Crippen LogP contribution in [0, 0.1) is 6.92 Å². The van der Waals surface area contributed by atoms with Gasteiger partial charge in [0, 0.05) is 12.6 Å². The highest BCUT2D eigenvalue weighted by Crippen LogP contribution is 2.35. The average molecular weight is 338 g/mol. The molecular formula is C19H18N2O2S. The van der Waals surface area contributed by atoms with Crippen LogP contribution in [0.5, 0.6) is 0 Å². The third-order valence-electron chi connectivity index (χ3n) is 4.55. The number of rotatable bonds is 3. The van der Waals surface area contributed by atoms with Crippen molar-refractivity contribution in [2.24, 2.45) is 0 Å². The van der Waals surface area contributed by atoms with Crippen LogP contribution in [0.4, 0.5) is 0 Å². The van der Waals surface area contributed by atoms with E-state index in [9.17, 15) is 4.79 Å². The van der Waals surface area contributed by atoms with E-state index in [0.29, 0.717) is 11.5 Å². The molecule has 0 radical (unpaired) electrons. The molecule has 1 aliphatic rings. The fourth-order valence-electron chi connectivity index (χ4n) is 3.35. The normalized spacial score (nSPS) is 17.4. The van der Waals surface area contributed by atoms with Gasteiger partial charge in [-0.25, -0.2) is 0 Å². The van der Waals surface area contributed by atoms with Crippen molar-refractivity contribution in [1.29, 1.82) is 0 Å². The van der Waals surface area contributed by atoms with E-state index in [-0.39, 0.29) is 11.9 Å². The second-order valence-corrected chi connectivity index (χ2v) is 7.01. The summed E-state index contributed by atoms with van der Waals surface area (Å²) in [5, 5.41) is 5.99. The molecule has 1 aromatic carbocycles. The molecule has 0 spiro atoms. The first-order valence-corrected chi connectivity index (χ1v) is 8.99. The SMILES string of the molecule is Cc1ccccc1[C@H]1CCCN1C(=O)c1cc(-c2cccs2)on1. The molecule has 3 aromatic rings. The number of aryl methyl sites for hydroxylation is 1. The molecule has 122 valence electrons. The molecule has 2 aromatic heterocycles. The van der Waals surface area contributed by atoms with Crippen molar-refractivity contribution in [3.05, 3.63) is 64.7 Å². The minimum atomic E-state index is -0.0488. The van der Waals surface area contributed by atoms with Crippen LogP contribution >= 0.6 is 11.3 Å². The lowest BCUT2D eigenvalue weighted by atomic mass is 9.99. The van der Waals surface area contributed by atoms with Crippen LogP contribution in [0.2, 0.25) is 0 Å². The summed E-state index contributed by atoms with van der Waals surface area (Å²) in [6, 6.07) is 14.1. The van der Waals surface area contributed by atoms with Gasteiger partial charge in [0.25, 0.3) is 5.91 Å². The van der Waals surface area contributed by atoms with Crippen molar-refractivity contribution in [3.8, 4) is 10.6 Å².